The van der Waals surface area contributed by atoms with Gasteiger partial charge in [0.2, 0.25) is 5.91 Å². The summed E-state index contributed by atoms with van der Waals surface area (Å²) in [6.45, 7) is 4.58. The van der Waals surface area contributed by atoms with Crippen molar-refractivity contribution in [1.82, 2.24) is 15.5 Å². The third kappa shape index (κ3) is 2.56. The van der Waals surface area contributed by atoms with E-state index in [4.69, 9.17) is 0 Å². The van der Waals surface area contributed by atoms with Gasteiger partial charge in [0.25, 0.3) is 0 Å². The maximum absolute atomic E-state index is 12.1. The molecule has 3 saturated heterocycles. The molecular weight excluding hydrogens is 238 g/mol. The zero-order chi connectivity index (χ0) is 13.4. The van der Waals surface area contributed by atoms with E-state index < -0.39 is 0 Å². The molecule has 0 saturated carbocycles. The molecule has 2 bridgehead atoms. The maximum Gasteiger partial charge on any atom is 0.246 e. The van der Waals surface area contributed by atoms with Crippen molar-refractivity contribution in [2.45, 2.75) is 44.7 Å². The van der Waals surface area contributed by atoms with Crippen LogP contribution < -0.4 is 10.6 Å². The van der Waals surface area contributed by atoms with Crippen LogP contribution in [0.5, 0.6) is 0 Å². The van der Waals surface area contributed by atoms with Gasteiger partial charge in [0, 0.05) is 37.3 Å². The van der Waals surface area contributed by atoms with Crippen LogP contribution in [-0.4, -0.2) is 49.6 Å². The lowest BCUT2D eigenvalue weighted by Gasteiger charge is -2.36. The highest BCUT2D eigenvalue weighted by Crippen LogP contribution is 2.37. The molecule has 0 spiro atoms. The van der Waals surface area contributed by atoms with Gasteiger partial charge in [0.1, 0.15) is 0 Å². The van der Waals surface area contributed by atoms with E-state index in [2.05, 4.69) is 22.6 Å². The van der Waals surface area contributed by atoms with Gasteiger partial charge >= 0.3 is 0 Å². The van der Waals surface area contributed by atoms with Crippen molar-refractivity contribution >= 4 is 5.91 Å². The topological polar surface area (TPSA) is 44.4 Å². The molecule has 0 aromatic rings. The maximum atomic E-state index is 12.1. The van der Waals surface area contributed by atoms with E-state index in [0.29, 0.717) is 5.92 Å². The number of nitrogens with zero attached hydrogens (tertiary/aromatic N) is 1. The number of carbonyl (C=O) groups excluding carboxylic acids is 1. The van der Waals surface area contributed by atoms with Crippen LogP contribution >= 0.6 is 0 Å². The summed E-state index contributed by atoms with van der Waals surface area (Å²) in [5.74, 6) is 0.817. The minimum atomic E-state index is 0.141. The van der Waals surface area contributed by atoms with Crippen LogP contribution in [0.1, 0.15) is 32.6 Å². The summed E-state index contributed by atoms with van der Waals surface area (Å²) in [5.41, 5.74) is 2.19. The molecule has 3 aliphatic heterocycles. The zero-order valence-corrected chi connectivity index (χ0v) is 12.0. The molecule has 4 heteroatoms. The molecule has 2 unspecified atom stereocenters. The first kappa shape index (κ1) is 13.1. The second kappa shape index (κ2) is 5.25. The molecule has 2 N–H and O–H groups in total. The van der Waals surface area contributed by atoms with Gasteiger partial charge in [-0.2, -0.15) is 0 Å². The Kier molecular flexibility index (Phi) is 3.63. The molecule has 0 aliphatic carbocycles. The molecule has 106 valence electrons. The minimum Gasteiger partial charge on any atom is -0.352 e. The van der Waals surface area contributed by atoms with E-state index in [1.165, 1.54) is 31.3 Å². The first-order valence-corrected chi connectivity index (χ1v) is 7.54. The Hall–Kier alpha value is -0.870. The third-order valence-corrected chi connectivity index (χ3v) is 5.29. The van der Waals surface area contributed by atoms with Crippen molar-refractivity contribution < 1.29 is 4.79 Å². The zero-order valence-electron chi connectivity index (χ0n) is 12.0. The molecule has 3 heterocycles. The number of hydrogen-bond donors (Lipinski definition) is 2. The first-order chi connectivity index (χ1) is 9.15. The van der Waals surface area contributed by atoms with E-state index >= 15 is 0 Å². The molecule has 3 rings (SSSR count). The number of fused-ring (bicyclic) bond motifs is 2. The molecule has 3 aliphatic rings. The Labute approximate surface area is 115 Å². The van der Waals surface area contributed by atoms with Gasteiger partial charge in [-0.25, -0.2) is 0 Å². The summed E-state index contributed by atoms with van der Waals surface area (Å²) < 4.78 is 0. The number of nitrogens with one attached hydrogen (secondary N) is 2. The normalized spacial score (nSPS) is 34.0. The summed E-state index contributed by atoms with van der Waals surface area (Å²) >= 11 is 0. The van der Waals surface area contributed by atoms with Gasteiger partial charge < -0.3 is 15.5 Å². The molecule has 0 aromatic heterocycles. The highest BCUT2D eigenvalue weighted by molar-refractivity contribution is 5.93. The van der Waals surface area contributed by atoms with Crippen LogP contribution in [0.25, 0.3) is 0 Å². The van der Waals surface area contributed by atoms with Crippen LogP contribution in [0.2, 0.25) is 0 Å². The van der Waals surface area contributed by atoms with Crippen molar-refractivity contribution in [2.24, 2.45) is 5.92 Å². The number of amides is 1. The number of hydrogen-bond acceptors (Lipinski definition) is 3. The van der Waals surface area contributed by atoms with Crippen molar-refractivity contribution in [2.75, 3.05) is 26.7 Å². The Morgan fingerprint density at radius 2 is 1.95 bits per heavy atom. The standard InChI is InChI=1S/C15H25N3O/c1-10(12-8-16-9-12)15(19)17-7-11-5-13-3-4-14(6-11)18(13)2/h11,13-14,16H,3-9H2,1-2H3,(H,17,19). The Bertz CT molecular complexity index is 384. The van der Waals surface area contributed by atoms with Crippen LogP contribution in [0, 0.1) is 5.92 Å². The van der Waals surface area contributed by atoms with Crippen molar-refractivity contribution in [3.05, 3.63) is 11.1 Å². The Morgan fingerprint density at radius 3 is 2.47 bits per heavy atom. The monoisotopic (exact) mass is 263 g/mol. The highest BCUT2D eigenvalue weighted by atomic mass is 16.1. The quantitative estimate of drug-likeness (QED) is 0.744. The average molecular weight is 263 g/mol. The summed E-state index contributed by atoms with van der Waals surface area (Å²) in [6, 6.07) is 1.52. The SMILES string of the molecule is CC(C(=O)NCC1CC2CCC(C1)N2C)=C1CNC1. The van der Waals surface area contributed by atoms with E-state index in [9.17, 15) is 4.79 Å². The van der Waals surface area contributed by atoms with E-state index in [1.807, 2.05) is 6.92 Å². The molecule has 19 heavy (non-hydrogen) atoms. The summed E-state index contributed by atoms with van der Waals surface area (Å²) in [7, 11) is 2.26. The molecule has 0 aromatic carbocycles. The molecule has 0 radical (unpaired) electrons. The van der Waals surface area contributed by atoms with Crippen molar-refractivity contribution in [3.8, 4) is 0 Å². The van der Waals surface area contributed by atoms with Gasteiger partial charge in [-0.1, -0.05) is 0 Å². The molecule has 4 nitrogen and oxygen atoms in total. The van der Waals surface area contributed by atoms with E-state index in [1.54, 1.807) is 0 Å². The molecule has 2 atom stereocenters. The van der Waals surface area contributed by atoms with Crippen LogP contribution in [0.4, 0.5) is 0 Å². The summed E-state index contributed by atoms with van der Waals surface area (Å²) in [6.07, 6.45) is 5.20. The summed E-state index contributed by atoms with van der Waals surface area (Å²) in [4.78, 5) is 14.6. The van der Waals surface area contributed by atoms with Gasteiger partial charge in [-0.05, 0) is 51.1 Å². The minimum absolute atomic E-state index is 0.141. The Morgan fingerprint density at radius 1 is 1.32 bits per heavy atom. The van der Waals surface area contributed by atoms with Crippen molar-refractivity contribution in [1.29, 1.82) is 0 Å². The second-order valence-electron chi connectivity index (χ2n) is 6.43. The first-order valence-electron chi connectivity index (χ1n) is 7.54. The largest absolute Gasteiger partial charge is 0.352 e. The van der Waals surface area contributed by atoms with E-state index in [0.717, 1.165) is 37.3 Å². The average Bonchev–Trinajstić information content (AvgIpc) is 2.57. The van der Waals surface area contributed by atoms with Crippen molar-refractivity contribution in [3.63, 3.8) is 0 Å². The predicted octanol–water partition coefficient (Wildman–Crippen LogP) is 0.895. The lowest BCUT2D eigenvalue weighted by molar-refractivity contribution is -0.117. The second-order valence-corrected chi connectivity index (χ2v) is 6.43. The summed E-state index contributed by atoms with van der Waals surface area (Å²) in [5, 5.41) is 6.33. The smallest absolute Gasteiger partial charge is 0.246 e. The fraction of sp³-hybridized carbons (Fsp3) is 0.800. The van der Waals surface area contributed by atoms with Gasteiger partial charge in [0.05, 0.1) is 0 Å². The van der Waals surface area contributed by atoms with Crippen LogP contribution in [0.15, 0.2) is 11.1 Å². The fourth-order valence-corrected chi connectivity index (χ4v) is 3.74. The lowest BCUT2D eigenvalue weighted by atomic mass is 9.91. The Balaban J connectivity index is 1.49. The molecule has 1 amide bonds. The molecule has 3 fully saturated rings. The van der Waals surface area contributed by atoms with Crippen LogP contribution in [-0.2, 0) is 4.79 Å². The number of carbonyl (C=O) groups is 1. The van der Waals surface area contributed by atoms with Gasteiger partial charge in [-0.3, -0.25) is 4.79 Å². The third-order valence-electron chi connectivity index (χ3n) is 5.29. The predicted molar refractivity (Wildman–Crippen MR) is 75.9 cm³/mol. The van der Waals surface area contributed by atoms with Crippen LogP contribution in [0.3, 0.4) is 0 Å². The highest BCUT2D eigenvalue weighted by Gasteiger charge is 2.38. The number of piperidine rings is 1. The number of rotatable bonds is 3. The van der Waals surface area contributed by atoms with E-state index in [-0.39, 0.29) is 5.91 Å². The lowest BCUT2D eigenvalue weighted by Crippen LogP contribution is -2.44. The van der Waals surface area contributed by atoms with Gasteiger partial charge in [0.15, 0.2) is 0 Å². The van der Waals surface area contributed by atoms with Gasteiger partial charge in [-0.15, -0.1) is 0 Å². The fourth-order valence-electron chi connectivity index (χ4n) is 3.74. The molecular formula is C15H25N3O.